The molecule has 0 saturated carbocycles. The van der Waals surface area contributed by atoms with Gasteiger partial charge in [-0.15, -0.1) is 0 Å². The number of allylic oxidation sites excluding steroid dienone is 3. The molecule has 1 atom stereocenters. The number of amides is 2. The van der Waals surface area contributed by atoms with Crippen LogP contribution in [0.15, 0.2) is 83.4 Å². The zero-order valence-electron chi connectivity index (χ0n) is 27.4. The van der Waals surface area contributed by atoms with E-state index in [9.17, 15) is 14.4 Å². The number of methoxy groups -OCH3 is 1. The first kappa shape index (κ1) is 34.1. The highest BCUT2D eigenvalue weighted by atomic mass is 16.5. The van der Waals surface area contributed by atoms with Gasteiger partial charge in [0.1, 0.15) is 5.75 Å². The molecular weight excluding hydrogens is 586 g/mol. The molecule has 1 saturated heterocycles. The van der Waals surface area contributed by atoms with Gasteiger partial charge in [0.15, 0.2) is 0 Å². The summed E-state index contributed by atoms with van der Waals surface area (Å²) in [5.74, 6) is -0.863. The van der Waals surface area contributed by atoms with Crippen LogP contribution in [0, 0.1) is 0 Å². The van der Waals surface area contributed by atoms with Gasteiger partial charge in [-0.2, -0.15) is 0 Å². The smallest absolute Gasteiger partial charge is 0.336 e. The maximum absolute atomic E-state index is 12.9. The van der Waals surface area contributed by atoms with Crippen molar-refractivity contribution >= 4 is 29.3 Å². The second kappa shape index (κ2) is 16.5. The third-order valence-electron chi connectivity index (χ3n) is 8.01. The Balaban J connectivity index is 1.27. The lowest BCUT2D eigenvalue weighted by atomic mass is 9.80. The Morgan fingerprint density at radius 1 is 0.957 bits per heavy atom. The molecule has 2 heterocycles. The number of benzene rings is 2. The van der Waals surface area contributed by atoms with Crippen molar-refractivity contribution in [3.63, 3.8) is 0 Å². The van der Waals surface area contributed by atoms with Crippen LogP contribution in [0.1, 0.15) is 45.6 Å². The molecule has 2 aliphatic rings. The Labute approximate surface area is 271 Å². The Morgan fingerprint density at radius 2 is 1.63 bits per heavy atom. The lowest BCUT2D eigenvalue weighted by Crippen LogP contribution is -2.47. The number of ether oxygens (including phenoxy) is 3. The number of para-hydroxylation sites is 2. The number of carbonyl (C=O) groups is 3. The van der Waals surface area contributed by atoms with Crippen LogP contribution in [0.2, 0.25) is 0 Å². The average Bonchev–Trinajstić information content (AvgIpc) is 3.06. The fraction of sp³-hybridized carbons (Fsp3) is 0.400. The zero-order valence-corrected chi connectivity index (χ0v) is 27.4. The third kappa shape index (κ3) is 8.48. The van der Waals surface area contributed by atoms with E-state index in [1.54, 1.807) is 51.3 Å². The molecule has 246 valence electrons. The van der Waals surface area contributed by atoms with Crippen molar-refractivity contribution in [2.45, 2.75) is 40.0 Å². The molecule has 1 fully saturated rings. The first-order valence-electron chi connectivity index (χ1n) is 15.7. The minimum absolute atomic E-state index is 0.204. The largest absolute Gasteiger partial charge is 0.466 e. The molecule has 3 N–H and O–H groups in total. The number of anilines is 2. The van der Waals surface area contributed by atoms with Crippen LogP contribution in [0.3, 0.4) is 0 Å². The maximum atomic E-state index is 12.9. The van der Waals surface area contributed by atoms with Crippen LogP contribution in [0.4, 0.5) is 16.2 Å². The molecule has 11 heteroatoms. The maximum Gasteiger partial charge on any atom is 0.336 e. The molecule has 2 aromatic rings. The summed E-state index contributed by atoms with van der Waals surface area (Å²) in [6.45, 7) is 12.5. The van der Waals surface area contributed by atoms with E-state index in [0.29, 0.717) is 40.3 Å². The van der Waals surface area contributed by atoms with Gasteiger partial charge >= 0.3 is 18.0 Å². The molecule has 11 nitrogen and oxygen atoms in total. The second-order valence-electron chi connectivity index (χ2n) is 11.1. The molecular formula is C35H45N5O6. The molecule has 2 amide bonds. The second-order valence-corrected chi connectivity index (χ2v) is 11.1. The van der Waals surface area contributed by atoms with Gasteiger partial charge in [0, 0.05) is 49.8 Å². The van der Waals surface area contributed by atoms with Crippen molar-refractivity contribution in [1.29, 1.82) is 0 Å². The SMILES string of the molecule is CC=COc1ccccc1N1CCN(CCCNC(=O)Nc2ccc(C3C(C(=O)OC)=C(C)NC(C)=C3C(=O)OCC)cc2)CC1. The Kier molecular flexibility index (Phi) is 12.2. The number of carbonyl (C=O) groups excluding carboxylic acids is 3. The zero-order chi connectivity index (χ0) is 33.1. The van der Waals surface area contributed by atoms with Crippen LogP contribution in [-0.2, 0) is 19.1 Å². The Morgan fingerprint density at radius 3 is 2.28 bits per heavy atom. The van der Waals surface area contributed by atoms with Crippen molar-refractivity contribution < 1.29 is 28.6 Å². The van der Waals surface area contributed by atoms with Gasteiger partial charge in [-0.05, 0) is 70.5 Å². The summed E-state index contributed by atoms with van der Waals surface area (Å²) in [4.78, 5) is 43.1. The predicted octanol–water partition coefficient (Wildman–Crippen LogP) is 4.90. The number of esters is 2. The summed E-state index contributed by atoms with van der Waals surface area (Å²) in [6.07, 6.45) is 4.40. The van der Waals surface area contributed by atoms with Gasteiger partial charge in [-0.3, -0.25) is 4.90 Å². The summed E-state index contributed by atoms with van der Waals surface area (Å²) in [5, 5.41) is 8.91. The minimum atomic E-state index is -0.682. The van der Waals surface area contributed by atoms with Crippen LogP contribution < -0.4 is 25.6 Å². The number of nitrogens with zero attached hydrogens (tertiary/aromatic N) is 2. The van der Waals surface area contributed by atoms with Gasteiger partial charge in [0.25, 0.3) is 0 Å². The van der Waals surface area contributed by atoms with Crippen LogP contribution >= 0.6 is 0 Å². The van der Waals surface area contributed by atoms with E-state index >= 15 is 0 Å². The molecule has 0 spiro atoms. The van der Waals surface area contributed by atoms with E-state index in [4.69, 9.17) is 14.2 Å². The van der Waals surface area contributed by atoms with Crippen molar-refractivity contribution in [2.75, 3.05) is 63.2 Å². The molecule has 0 radical (unpaired) electrons. The molecule has 0 bridgehead atoms. The fourth-order valence-electron chi connectivity index (χ4n) is 5.80. The average molecular weight is 632 g/mol. The predicted molar refractivity (Wildman–Crippen MR) is 179 cm³/mol. The van der Waals surface area contributed by atoms with Crippen molar-refractivity contribution in [3.8, 4) is 5.75 Å². The standard InChI is InChI=1S/C35H45N5O6/c1-6-23-46-29-12-9-8-11-28(29)40-21-19-39(20-22-40)18-10-17-36-35(43)38-27-15-13-26(14-16-27)32-30(33(41)44-5)24(3)37-25(4)31(32)34(42)45-7-2/h6,8-9,11-16,23,32,37H,7,10,17-22H2,1-5H3,(H2,36,38,43). The van der Waals surface area contributed by atoms with Crippen LogP contribution in [0.25, 0.3) is 0 Å². The summed E-state index contributed by atoms with van der Waals surface area (Å²) < 4.78 is 16.1. The van der Waals surface area contributed by atoms with E-state index in [-0.39, 0.29) is 12.6 Å². The summed E-state index contributed by atoms with van der Waals surface area (Å²) in [6, 6.07) is 14.9. The lowest BCUT2D eigenvalue weighted by molar-refractivity contribution is -0.139. The third-order valence-corrected chi connectivity index (χ3v) is 8.01. The number of rotatable bonds is 12. The number of hydrogen-bond acceptors (Lipinski definition) is 9. The van der Waals surface area contributed by atoms with E-state index in [2.05, 4.69) is 31.8 Å². The van der Waals surface area contributed by atoms with E-state index in [1.807, 2.05) is 31.2 Å². The van der Waals surface area contributed by atoms with Gasteiger partial charge < -0.3 is 35.1 Å². The summed E-state index contributed by atoms with van der Waals surface area (Å²) >= 11 is 0. The monoisotopic (exact) mass is 631 g/mol. The van der Waals surface area contributed by atoms with E-state index in [0.717, 1.165) is 50.6 Å². The summed E-state index contributed by atoms with van der Waals surface area (Å²) in [7, 11) is 1.31. The molecule has 46 heavy (non-hydrogen) atoms. The summed E-state index contributed by atoms with van der Waals surface area (Å²) in [5.41, 5.74) is 4.27. The van der Waals surface area contributed by atoms with Gasteiger partial charge in [-0.25, -0.2) is 14.4 Å². The molecule has 1 unspecified atom stereocenters. The highest BCUT2D eigenvalue weighted by Crippen LogP contribution is 2.39. The molecule has 2 aromatic carbocycles. The van der Waals surface area contributed by atoms with E-state index < -0.39 is 17.9 Å². The Hall–Kier alpha value is -4.77. The molecule has 2 aliphatic heterocycles. The van der Waals surface area contributed by atoms with Crippen LogP contribution in [0.5, 0.6) is 5.75 Å². The molecule has 0 aromatic heterocycles. The highest BCUT2D eigenvalue weighted by Gasteiger charge is 2.37. The highest BCUT2D eigenvalue weighted by molar-refractivity contribution is 6.00. The fourth-order valence-corrected chi connectivity index (χ4v) is 5.80. The topological polar surface area (TPSA) is 121 Å². The number of piperazine rings is 1. The first-order valence-corrected chi connectivity index (χ1v) is 15.7. The van der Waals surface area contributed by atoms with Crippen LogP contribution in [-0.4, -0.2) is 75.9 Å². The number of nitrogens with one attached hydrogen (secondary N) is 3. The number of urea groups is 1. The van der Waals surface area contributed by atoms with Gasteiger partial charge in [0.2, 0.25) is 0 Å². The first-order chi connectivity index (χ1) is 22.3. The molecule has 0 aliphatic carbocycles. The Bertz CT molecular complexity index is 1470. The van der Waals surface area contributed by atoms with Crippen molar-refractivity contribution in [1.82, 2.24) is 15.5 Å². The number of hydrogen-bond donors (Lipinski definition) is 3. The normalized spacial score (nSPS) is 17.1. The minimum Gasteiger partial charge on any atom is -0.466 e. The van der Waals surface area contributed by atoms with E-state index in [1.165, 1.54) is 7.11 Å². The molecule has 4 rings (SSSR count). The van der Waals surface area contributed by atoms with Crippen molar-refractivity contribution in [2.24, 2.45) is 0 Å². The lowest BCUT2D eigenvalue weighted by Gasteiger charge is -2.36. The quantitative estimate of drug-likeness (QED) is 0.171. The van der Waals surface area contributed by atoms with Crippen molar-refractivity contribution in [3.05, 3.63) is 89.0 Å². The van der Waals surface area contributed by atoms with Gasteiger partial charge in [0.05, 0.1) is 42.7 Å². The number of dihydropyridines is 1. The van der Waals surface area contributed by atoms with Gasteiger partial charge in [-0.1, -0.05) is 30.3 Å².